The summed E-state index contributed by atoms with van der Waals surface area (Å²) >= 11 is 0. The fraction of sp³-hybridized carbons (Fsp3) is 0.455. The zero-order chi connectivity index (χ0) is 12.9. The molecule has 0 aliphatic heterocycles. The smallest absolute Gasteiger partial charge is 0.240 e. The first-order valence-electron chi connectivity index (χ1n) is 5.38. The van der Waals surface area contributed by atoms with Crippen LogP contribution in [-0.2, 0) is 10.0 Å². The second kappa shape index (κ2) is 6.00. The van der Waals surface area contributed by atoms with Crippen LogP contribution < -0.4 is 10.0 Å². The van der Waals surface area contributed by atoms with E-state index in [1.807, 2.05) is 19.0 Å². The molecule has 0 spiro atoms. The minimum Gasteiger partial charge on any atom is -0.388 e. The highest BCUT2D eigenvalue weighted by atomic mass is 32.2. The third-order valence-corrected chi connectivity index (χ3v) is 3.78. The Labute approximate surface area is 103 Å². The van der Waals surface area contributed by atoms with Gasteiger partial charge in [-0.3, -0.25) is 0 Å². The highest BCUT2D eigenvalue weighted by Gasteiger charge is 2.12. The van der Waals surface area contributed by atoms with Crippen LogP contribution in [0.25, 0.3) is 0 Å². The Kier molecular flexibility index (Phi) is 4.92. The van der Waals surface area contributed by atoms with E-state index < -0.39 is 10.0 Å². The van der Waals surface area contributed by atoms with Gasteiger partial charge in [-0.25, -0.2) is 13.1 Å². The molecule has 0 heterocycles. The molecule has 0 aromatic heterocycles. The van der Waals surface area contributed by atoms with Gasteiger partial charge in [-0.05, 0) is 38.4 Å². The molecule has 17 heavy (non-hydrogen) atoms. The van der Waals surface area contributed by atoms with Gasteiger partial charge in [0, 0.05) is 25.8 Å². The van der Waals surface area contributed by atoms with Gasteiger partial charge in [0.05, 0.1) is 4.90 Å². The van der Waals surface area contributed by atoms with E-state index in [1.54, 1.807) is 31.3 Å². The molecule has 0 amide bonds. The molecule has 5 nitrogen and oxygen atoms in total. The molecular formula is C11H19N3O2S. The van der Waals surface area contributed by atoms with E-state index in [1.165, 1.54) is 0 Å². The van der Waals surface area contributed by atoms with Crippen molar-refractivity contribution in [3.05, 3.63) is 24.3 Å². The molecule has 0 aliphatic rings. The Hall–Kier alpha value is -1.11. The van der Waals surface area contributed by atoms with Gasteiger partial charge >= 0.3 is 0 Å². The molecule has 0 aliphatic carbocycles. The lowest BCUT2D eigenvalue weighted by Crippen LogP contribution is -2.31. The van der Waals surface area contributed by atoms with E-state index in [0.29, 0.717) is 13.1 Å². The van der Waals surface area contributed by atoms with Crippen LogP contribution in [0, 0.1) is 0 Å². The van der Waals surface area contributed by atoms with E-state index in [-0.39, 0.29) is 4.90 Å². The topological polar surface area (TPSA) is 61.4 Å². The van der Waals surface area contributed by atoms with E-state index in [4.69, 9.17) is 0 Å². The van der Waals surface area contributed by atoms with Crippen molar-refractivity contribution in [1.29, 1.82) is 0 Å². The van der Waals surface area contributed by atoms with Crippen molar-refractivity contribution in [3.63, 3.8) is 0 Å². The molecule has 0 saturated carbocycles. The average Bonchev–Trinajstić information content (AvgIpc) is 2.28. The Morgan fingerprint density at radius 1 is 1.18 bits per heavy atom. The number of nitrogens with zero attached hydrogens (tertiary/aromatic N) is 1. The first kappa shape index (κ1) is 14.0. The van der Waals surface area contributed by atoms with Crippen molar-refractivity contribution in [2.24, 2.45) is 0 Å². The normalized spacial score (nSPS) is 11.8. The van der Waals surface area contributed by atoms with Gasteiger partial charge in [-0.1, -0.05) is 0 Å². The minimum absolute atomic E-state index is 0.287. The van der Waals surface area contributed by atoms with E-state index in [0.717, 1.165) is 5.69 Å². The summed E-state index contributed by atoms with van der Waals surface area (Å²) in [7, 11) is 2.20. The third-order valence-electron chi connectivity index (χ3n) is 2.30. The number of sulfonamides is 1. The van der Waals surface area contributed by atoms with Crippen molar-refractivity contribution in [3.8, 4) is 0 Å². The summed E-state index contributed by atoms with van der Waals surface area (Å²) in [5.41, 5.74) is 0.886. The highest BCUT2D eigenvalue weighted by Crippen LogP contribution is 2.12. The number of nitrogens with one attached hydrogen (secondary N) is 2. The fourth-order valence-corrected chi connectivity index (χ4v) is 2.31. The van der Waals surface area contributed by atoms with Crippen LogP contribution in [0.4, 0.5) is 5.69 Å². The molecule has 6 heteroatoms. The summed E-state index contributed by atoms with van der Waals surface area (Å²) in [6.07, 6.45) is 0. The van der Waals surface area contributed by atoms with Gasteiger partial charge in [0.15, 0.2) is 0 Å². The zero-order valence-electron chi connectivity index (χ0n) is 10.4. The summed E-state index contributed by atoms with van der Waals surface area (Å²) in [5.74, 6) is 0. The predicted octanol–water partition coefficient (Wildman–Crippen LogP) is 0.568. The van der Waals surface area contributed by atoms with Gasteiger partial charge < -0.3 is 10.2 Å². The first-order valence-corrected chi connectivity index (χ1v) is 6.86. The maximum Gasteiger partial charge on any atom is 0.240 e. The van der Waals surface area contributed by atoms with Gasteiger partial charge in [-0.15, -0.1) is 0 Å². The van der Waals surface area contributed by atoms with Crippen LogP contribution >= 0.6 is 0 Å². The monoisotopic (exact) mass is 257 g/mol. The van der Waals surface area contributed by atoms with Crippen molar-refractivity contribution < 1.29 is 8.42 Å². The Morgan fingerprint density at radius 3 is 2.24 bits per heavy atom. The lowest BCUT2D eigenvalue weighted by Gasteiger charge is -2.11. The second-order valence-electron chi connectivity index (χ2n) is 3.98. The molecule has 0 unspecified atom stereocenters. The molecule has 0 atom stereocenters. The molecule has 0 fully saturated rings. The van der Waals surface area contributed by atoms with E-state index in [2.05, 4.69) is 10.0 Å². The quantitative estimate of drug-likeness (QED) is 0.782. The van der Waals surface area contributed by atoms with Gasteiger partial charge in [0.1, 0.15) is 0 Å². The molecule has 2 N–H and O–H groups in total. The molecular weight excluding hydrogens is 238 g/mol. The molecule has 1 aromatic rings. The van der Waals surface area contributed by atoms with Gasteiger partial charge in [-0.2, -0.15) is 0 Å². The van der Waals surface area contributed by atoms with Gasteiger partial charge in [0.2, 0.25) is 10.0 Å². The number of anilines is 1. The lowest BCUT2D eigenvalue weighted by molar-refractivity contribution is 0.412. The lowest BCUT2D eigenvalue weighted by atomic mass is 10.3. The van der Waals surface area contributed by atoms with Crippen LogP contribution in [0.15, 0.2) is 29.2 Å². The number of hydrogen-bond donors (Lipinski definition) is 2. The maximum absolute atomic E-state index is 11.9. The van der Waals surface area contributed by atoms with Crippen LogP contribution in [0.1, 0.15) is 0 Å². The van der Waals surface area contributed by atoms with Crippen molar-refractivity contribution in [2.75, 3.05) is 39.5 Å². The van der Waals surface area contributed by atoms with Crippen LogP contribution in [0.2, 0.25) is 0 Å². The van der Waals surface area contributed by atoms with Crippen LogP contribution in [0.5, 0.6) is 0 Å². The Bertz CT molecular complexity index is 440. The number of rotatable bonds is 6. The van der Waals surface area contributed by atoms with E-state index in [9.17, 15) is 8.42 Å². The Balaban J connectivity index is 2.68. The summed E-state index contributed by atoms with van der Waals surface area (Å²) in [4.78, 5) is 2.21. The second-order valence-corrected chi connectivity index (χ2v) is 5.74. The molecule has 0 saturated heterocycles. The van der Waals surface area contributed by atoms with Crippen LogP contribution in [-0.4, -0.2) is 47.6 Å². The van der Waals surface area contributed by atoms with Crippen molar-refractivity contribution in [1.82, 2.24) is 9.62 Å². The van der Waals surface area contributed by atoms with Crippen LogP contribution in [0.3, 0.4) is 0 Å². The van der Waals surface area contributed by atoms with Gasteiger partial charge in [0.25, 0.3) is 0 Å². The molecule has 0 bridgehead atoms. The number of likely N-dealkylation sites (N-methyl/N-ethyl adjacent to an activating group) is 1. The Morgan fingerprint density at radius 2 is 1.76 bits per heavy atom. The first-order chi connectivity index (χ1) is 7.95. The molecule has 96 valence electrons. The number of benzene rings is 1. The summed E-state index contributed by atoms with van der Waals surface area (Å²) in [5, 5.41) is 2.94. The summed E-state index contributed by atoms with van der Waals surface area (Å²) < 4.78 is 26.3. The maximum atomic E-state index is 11.9. The minimum atomic E-state index is -3.39. The number of hydrogen-bond acceptors (Lipinski definition) is 4. The largest absolute Gasteiger partial charge is 0.388 e. The zero-order valence-corrected chi connectivity index (χ0v) is 11.2. The standard InChI is InChI=1S/C11H19N3O2S/c1-12-10-4-6-11(7-5-10)17(15,16)13-8-9-14(2)3/h4-7,12-13H,8-9H2,1-3H3. The third kappa shape index (κ3) is 4.33. The molecule has 1 aromatic carbocycles. The average molecular weight is 257 g/mol. The summed E-state index contributed by atoms with van der Waals surface area (Å²) in [6, 6.07) is 6.65. The SMILES string of the molecule is CNc1ccc(S(=O)(=O)NCCN(C)C)cc1. The van der Waals surface area contributed by atoms with E-state index >= 15 is 0 Å². The predicted molar refractivity (Wildman–Crippen MR) is 69.7 cm³/mol. The summed E-state index contributed by atoms with van der Waals surface area (Å²) in [6.45, 7) is 1.08. The molecule has 0 radical (unpaired) electrons. The fourth-order valence-electron chi connectivity index (χ4n) is 1.29. The molecule has 1 rings (SSSR count). The highest BCUT2D eigenvalue weighted by molar-refractivity contribution is 7.89. The van der Waals surface area contributed by atoms with Crippen molar-refractivity contribution in [2.45, 2.75) is 4.90 Å². The van der Waals surface area contributed by atoms with Crippen molar-refractivity contribution >= 4 is 15.7 Å².